The van der Waals surface area contributed by atoms with E-state index in [1.54, 1.807) is 0 Å². The van der Waals surface area contributed by atoms with E-state index in [0.29, 0.717) is 0 Å². The largest absolute Gasteiger partial charge is 0.377 e. The minimum absolute atomic E-state index is 0.843. The molecule has 5 nitrogen and oxygen atoms in total. The first kappa shape index (κ1) is 28.7. The highest BCUT2D eigenvalue weighted by Gasteiger charge is 2.19. The number of allylic oxidation sites excluding steroid dienone is 2. The normalized spacial score (nSPS) is 14.4. The number of rotatable bonds is 4. The van der Waals surface area contributed by atoms with Gasteiger partial charge in [0, 0.05) is 80.1 Å². The van der Waals surface area contributed by atoms with Crippen LogP contribution in [0.5, 0.6) is 0 Å². The van der Waals surface area contributed by atoms with Gasteiger partial charge in [0.25, 0.3) is 0 Å². The molecule has 0 radical (unpaired) electrons. The van der Waals surface area contributed by atoms with E-state index in [2.05, 4.69) is 190 Å². The van der Waals surface area contributed by atoms with Gasteiger partial charge in [0.15, 0.2) is 0 Å². The number of likely N-dealkylation sites (N-methyl/N-ethyl adjacent to an activating group) is 1. The Balaban J connectivity index is 1.42. The molecule has 3 aromatic carbocycles. The molecule has 0 amide bonds. The molecule has 6 heterocycles. The van der Waals surface area contributed by atoms with Crippen molar-refractivity contribution in [2.75, 3.05) is 13.6 Å². The summed E-state index contributed by atoms with van der Waals surface area (Å²) >= 11 is 0. The Morgan fingerprint density at radius 2 is 0.776 bits per heavy atom. The zero-order chi connectivity index (χ0) is 32.7. The van der Waals surface area contributed by atoms with Gasteiger partial charge < -0.3 is 24.8 Å². The molecule has 236 valence electrons. The molecular weight excluding hydrogens is 599 g/mol. The quantitative estimate of drug-likeness (QED) is 0.199. The SMILES string of the molecule is CN1C=CC(C2=c3ccc([nH]3)=C(c3ccccc3)c3ccc([nH]3)C(c3ccccc3)=c3ccc([nH]3)=C(c3ccccc3)c3ccc2[nH]3)=CC1. The second-order valence-electron chi connectivity index (χ2n) is 12.7. The van der Waals surface area contributed by atoms with Crippen molar-refractivity contribution in [1.82, 2.24) is 24.8 Å². The molecule has 0 fully saturated rings. The number of nitrogens with one attached hydrogen (secondary N) is 4. The summed E-state index contributed by atoms with van der Waals surface area (Å²) in [5.74, 6) is 0. The summed E-state index contributed by atoms with van der Waals surface area (Å²) in [5.41, 5.74) is 13.2. The molecule has 4 N–H and O–H groups in total. The topological polar surface area (TPSA) is 66.4 Å². The first-order chi connectivity index (χ1) is 24.2. The first-order valence-electron chi connectivity index (χ1n) is 16.7. The van der Waals surface area contributed by atoms with E-state index in [1.165, 1.54) is 5.57 Å². The van der Waals surface area contributed by atoms with E-state index >= 15 is 0 Å². The molecule has 9 rings (SSSR count). The molecule has 7 aromatic rings. The molecule has 0 saturated heterocycles. The molecule has 0 atom stereocenters. The monoisotopic (exact) mass is 633 g/mol. The van der Waals surface area contributed by atoms with Crippen LogP contribution in [0.25, 0.3) is 22.3 Å². The van der Waals surface area contributed by atoms with Gasteiger partial charge in [-0.25, -0.2) is 0 Å². The van der Waals surface area contributed by atoms with Crippen LogP contribution in [0.3, 0.4) is 0 Å². The lowest BCUT2D eigenvalue weighted by atomic mass is 10.0. The lowest BCUT2D eigenvalue weighted by Crippen LogP contribution is -2.20. The van der Waals surface area contributed by atoms with E-state index in [-0.39, 0.29) is 0 Å². The van der Waals surface area contributed by atoms with Gasteiger partial charge in [0.05, 0.1) is 0 Å². The van der Waals surface area contributed by atoms with Crippen molar-refractivity contribution in [3.05, 3.63) is 224 Å². The van der Waals surface area contributed by atoms with E-state index in [4.69, 9.17) is 0 Å². The molecule has 4 aromatic heterocycles. The number of nitrogens with zero attached hydrogens (tertiary/aromatic N) is 1. The van der Waals surface area contributed by atoms with Crippen LogP contribution in [-0.4, -0.2) is 38.4 Å². The van der Waals surface area contributed by atoms with Crippen LogP contribution in [0.2, 0.25) is 0 Å². The fourth-order valence-electron chi connectivity index (χ4n) is 7.15. The van der Waals surface area contributed by atoms with E-state index in [0.717, 1.165) is 89.7 Å². The maximum Gasteiger partial charge on any atom is 0.0485 e. The Labute approximate surface area is 284 Å². The molecule has 0 aliphatic carbocycles. The molecular formula is C44H35N5. The standard InChI is InChI=1S/C44H35N5/c1-49-27-25-32(26-28-49)44-39-23-21-37(47-39)42(30-13-7-3-8-14-30)35-19-17-33(45-35)41(29-11-5-2-6-12-29)34-18-20-36(46-34)43(31-15-9-4-10-16-31)38-22-24-40(44)48-38/h2-27,45-48H,28H2,1H3. The molecule has 2 aliphatic rings. The van der Waals surface area contributed by atoms with Crippen molar-refractivity contribution in [3.8, 4) is 0 Å². The lowest BCUT2D eigenvalue weighted by molar-refractivity contribution is 0.503. The van der Waals surface area contributed by atoms with Crippen molar-refractivity contribution in [2.45, 2.75) is 0 Å². The Bertz CT molecular complexity index is 2620. The summed E-state index contributed by atoms with van der Waals surface area (Å²) < 4.78 is 0. The third-order valence-corrected chi connectivity index (χ3v) is 9.48. The number of H-pyrrole nitrogens is 4. The summed E-state index contributed by atoms with van der Waals surface area (Å²) in [7, 11) is 2.10. The van der Waals surface area contributed by atoms with Gasteiger partial charge in [-0.2, -0.15) is 0 Å². The number of fused-ring (bicyclic) bond motifs is 8. The van der Waals surface area contributed by atoms with Crippen molar-refractivity contribution >= 4 is 22.3 Å². The molecule has 8 bridgehead atoms. The third-order valence-electron chi connectivity index (χ3n) is 9.48. The minimum atomic E-state index is 0.843. The maximum absolute atomic E-state index is 3.86. The Morgan fingerprint density at radius 1 is 0.408 bits per heavy atom. The third kappa shape index (κ3) is 5.22. The van der Waals surface area contributed by atoms with Gasteiger partial charge >= 0.3 is 0 Å². The average molecular weight is 634 g/mol. The van der Waals surface area contributed by atoms with Crippen molar-refractivity contribution in [2.24, 2.45) is 0 Å². The molecule has 0 spiro atoms. The highest BCUT2D eigenvalue weighted by molar-refractivity contribution is 5.85. The highest BCUT2D eigenvalue weighted by Crippen LogP contribution is 2.28. The zero-order valence-corrected chi connectivity index (χ0v) is 27.2. The van der Waals surface area contributed by atoms with Crippen LogP contribution in [0.15, 0.2) is 163 Å². The van der Waals surface area contributed by atoms with E-state index < -0.39 is 0 Å². The summed E-state index contributed by atoms with van der Waals surface area (Å²) in [6.07, 6.45) is 6.66. The number of aromatic amines is 4. The Morgan fingerprint density at radius 3 is 1.14 bits per heavy atom. The van der Waals surface area contributed by atoms with Gasteiger partial charge in [-0.3, -0.25) is 0 Å². The number of benzene rings is 3. The van der Waals surface area contributed by atoms with Gasteiger partial charge in [0.2, 0.25) is 0 Å². The number of hydrogen-bond donors (Lipinski definition) is 4. The highest BCUT2D eigenvalue weighted by atomic mass is 15.1. The van der Waals surface area contributed by atoms with Crippen LogP contribution in [0.4, 0.5) is 0 Å². The molecule has 0 unspecified atom stereocenters. The van der Waals surface area contributed by atoms with Crippen LogP contribution in [-0.2, 0) is 0 Å². The van der Waals surface area contributed by atoms with E-state index in [1.807, 2.05) is 0 Å². The van der Waals surface area contributed by atoms with Crippen LogP contribution < -0.4 is 21.4 Å². The maximum atomic E-state index is 3.86. The Hall–Kier alpha value is -6.46. The smallest absolute Gasteiger partial charge is 0.0485 e. The lowest BCUT2D eigenvalue weighted by Gasteiger charge is -2.18. The summed E-state index contributed by atoms with van der Waals surface area (Å²) in [6.45, 7) is 0.843. The fraction of sp³-hybridized carbons (Fsp3) is 0.0455. The van der Waals surface area contributed by atoms with Crippen molar-refractivity contribution in [1.29, 1.82) is 0 Å². The van der Waals surface area contributed by atoms with Crippen LogP contribution >= 0.6 is 0 Å². The predicted octanol–water partition coefficient (Wildman–Crippen LogP) is 5.64. The van der Waals surface area contributed by atoms with Crippen molar-refractivity contribution in [3.63, 3.8) is 0 Å². The van der Waals surface area contributed by atoms with Crippen LogP contribution in [0.1, 0.15) is 39.5 Å². The number of aromatic nitrogens is 4. The molecule has 2 aliphatic heterocycles. The number of hydrogen-bond acceptors (Lipinski definition) is 1. The fourth-order valence-corrected chi connectivity index (χ4v) is 7.15. The second-order valence-corrected chi connectivity index (χ2v) is 12.7. The van der Waals surface area contributed by atoms with E-state index in [9.17, 15) is 0 Å². The van der Waals surface area contributed by atoms with Gasteiger partial charge in [-0.05, 0) is 83.1 Å². The molecule has 0 saturated carbocycles. The second kappa shape index (κ2) is 12.0. The summed E-state index contributed by atoms with van der Waals surface area (Å²) in [5, 5.41) is 4.18. The average Bonchev–Trinajstić information content (AvgIpc) is 3.98. The molecule has 5 heteroatoms. The summed E-state index contributed by atoms with van der Waals surface area (Å²) in [6, 6.07) is 49.5. The predicted molar refractivity (Wildman–Crippen MR) is 198 cm³/mol. The summed E-state index contributed by atoms with van der Waals surface area (Å²) in [4.78, 5) is 17.6. The Kier molecular flexibility index (Phi) is 7.02. The zero-order valence-electron chi connectivity index (χ0n) is 27.2. The van der Waals surface area contributed by atoms with Crippen molar-refractivity contribution < 1.29 is 0 Å². The van der Waals surface area contributed by atoms with Gasteiger partial charge in [0.1, 0.15) is 0 Å². The molecule has 49 heavy (non-hydrogen) atoms. The minimum Gasteiger partial charge on any atom is -0.377 e. The van der Waals surface area contributed by atoms with Gasteiger partial charge in [-0.1, -0.05) is 97.1 Å². The van der Waals surface area contributed by atoms with Gasteiger partial charge in [-0.15, -0.1) is 0 Å². The van der Waals surface area contributed by atoms with Crippen LogP contribution in [0, 0.1) is 0 Å². The first-order valence-corrected chi connectivity index (χ1v) is 16.7.